The third-order valence-electron chi connectivity index (χ3n) is 5.23. The Morgan fingerprint density at radius 1 is 1.23 bits per heavy atom. The van der Waals surface area contributed by atoms with Gasteiger partial charge >= 0.3 is 6.03 Å². The number of methoxy groups -OCH3 is 1. The third kappa shape index (κ3) is 3.11. The minimum atomic E-state index is -1.54. The first kappa shape index (κ1) is 18.6. The summed E-state index contributed by atoms with van der Waals surface area (Å²) in [5.74, 6) is 5.83. The number of aromatic nitrogens is 3. The molecular weight excluding hydrogens is 398 g/mol. The van der Waals surface area contributed by atoms with Crippen LogP contribution in [0.5, 0.6) is 11.6 Å². The van der Waals surface area contributed by atoms with Crippen LogP contribution in [0.3, 0.4) is 0 Å². The average Bonchev–Trinajstić information content (AvgIpc) is 3.43. The number of carbonyl (C=O) groups excluding carboxylic acids is 2. The van der Waals surface area contributed by atoms with Gasteiger partial charge in [0.05, 0.1) is 13.7 Å². The van der Waals surface area contributed by atoms with Crippen molar-refractivity contribution in [2.24, 2.45) is 0 Å². The summed E-state index contributed by atoms with van der Waals surface area (Å²) < 4.78 is 8.51. The van der Waals surface area contributed by atoms with Crippen LogP contribution in [0.25, 0.3) is 16.4 Å². The normalized spacial score (nSPS) is 18.0. The van der Waals surface area contributed by atoms with Crippen molar-refractivity contribution in [1.29, 1.82) is 0 Å². The summed E-state index contributed by atoms with van der Waals surface area (Å²) in [6.07, 6.45) is 6.94. The number of pyridine rings is 1. The van der Waals surface area contributed by atoms with Crippen molar-refractivity contribution < 1.29 is 19.4 Å². The number of hydrogen-bond donors (Lipinski definition) is 3. The van der Waals surface area contributed by atoms with E-state index >= 15 is 0 Å². The van der Waals surface area contributed by atoms with Crippen LogP contribution in [-0.4, -0.2) is 43.6 Å². The quantitative estimate of drug-likeness (QED) is 0.348. The molecular formula is C22H17N5O4. The summed E-state index contributed by atoms with van der Waals surface area (Å²) >= 11 is 0. The lowest BCUT2D eigenvalue weighted by atomic mass is 10.00. The lowest BCUT2D eigenvalue weighted by Gasteiger charge is -2.20. The molecule has 9 nitrogen and oxygen atoms in total. The van der Waals surface area contributed by atoms with Crippen LogP contribution >= 0.6 is 0 Å². The van der Waals surface area contributed by atoms with E-state index in [9.17, 15) is 14.7 Å². The van der Waals surface area contributed by atoms with E-state index in [4.69, 9.17) is 4.74 Å². The van der Waals surface area contributed by atoms with Crippen molar-refractivity contribution in [1.82, 2.24) is 24.6 Å². The molecule has 0 bridgehead atoms. The zero-order chi connectivity index (χ0) is 21.6. The zero-order valence-corrected chi connectivity index (χ0v) is 16.4. The van der Waals surface area contributed by atoms with Crippen LogP contribution in [0, 0.1) is 11.8 Å². The average molecular weight is 415 g/mol. The summed E-state index contributed by atoms with van der Waals surface area (Å²) in [5.41, 5.74) is -0.130. The summed E-state index contributed by atoms with van der Waals surface area (Å²) in [6.45, 7) is -0.0757. The van der Waals surface area contributed by atoms with Crippen LogP contribution in [-0.2, 0) is 11.3 Å². The molecule has 1 saturated heterocycles. The van der Waals surface area contributed by atoms with Gasteiger partial charge in [-0.25, -0.2) is 9.78 Å². The smallest absolute Gasteiger partial charge is 0.323 e. The minimum Gasteiger partial charge on any atom is -0.497 e. The molecule has 0 radical (unpaired) electrons. The summed E-state index contributed by atoms with van der Waals surface area (Å²) in [5, 5.41) is 16.9. The maximum Gasteiger partial charge on any atom is 0.323 e. The zero-order valence-electron chi connectivity index (χ0n) is 16.4. The first-order chi connectivity index (χ1) is 15.0. The molecule has 154 valence electrons. The second-order valence-corrected chi connectivity index (χ2v) is 7.21. The fourth-order valence-electron chi connectivity index (χ4n) is 3.63. The van der Waals surface area contributed by atoms with Gasteiger partial charge in [-0.15, -0.1) is 0 Å². The van der Waals surface area contributed by atoms with Crippen molar-refractivity contribution in [3.05, 3.63) is 60.7 Å². The topological polar surface area (TPSA) is 110 Å². The molecule has 1 atom stereocenters. The number of urea groups is 1. The van der Waals surface area contributed by atoms with Crippen molar-refractivity contribution in [3.63, 3.8) is 0 Å². The Kier molecular flexibility index (Phi) is 4.08. The van der Waals surface area contributed by atoms with Gasteiger partial charge in [-0.3, -0.25) is 10.1 Å². The van der Waals surface area contributed by atoms with Gasteiger partial charge in [-0.1, -0.05) is 11.8 Å². The summed E-state index contributed by atoms with van der Waals surface area (Å²) in [4.78, 5) is 28.8. The highest BCUT2D eigenvalue weighted by Crippen LogP contribution is 2.32. The first-order valence-corrected chi connectivity index (χ1v) is 9.43. The molecule has 0 aliphatic carbocycles. The predicted octanol–water partition coefficient (Wildman–Crippen LogP) is 1.63. The minimum absolute atomic E-state index is 0.0520. The van der Waals surface area contributed by atoms with Gasteiger partial charge in [0.25, 0.3) is 5.91 Å². The van der Waals surface area contributed by atoms with Crippen molar-refractivity contribution in [2.75, 3.05) is 7.11 Å². The fraction of sp³-hybridized carbons (Fsp3) is 0.136. The van der Waals surface area contributed by atoms with E-state index in [0.29, 0.717) is 16.7 Å². The van der Waals surface area contributed by atoms with Gasteiger partial charge in [0, 0.05) is 41.1 Å². The number of amides is 3. The number of nitrogens with one attached hydrogen (secondary N) is 2. The number of aromatic hydroxyl groups is 1. The molecule has 3 aromatic heterocycles. The number of hydrogen-bond acceptors (Lipinski definition) is 5. The van der Waals surface area contributed by atoms with E-state index in [1.807, 2.05) is 10.5 Å². The number of fused-ring (bicyclic) bond motifs is 2. The number of imidazole rings is 1. The molecule has 4 aromatic rings. The maximum atomic E-state index is 12.7. The molecule has 3 N–H and O–H groups in total. The molecule has 1 fully saturated rings. The lowest BCUT2D eigenvalue weighted by molar-refractivity contribution is -0.122. The molecule has 3 amide bonds. The van der Waals surface area contributed by atoms with Crippen molar-refractivity contribution >= 4 is 28.4 Å². The van der Waals surface area contributed by atoms with Crippen LogP contribution in [0.15, 0.2) is 55.1 Å². The molecule has 31 heavy (non-hydrogen) atoms. The molecule has 0 saturated carbocycles. The molecule has 0 unspecified atom stereocenters. The predicted molar refractivity (Wildman–Crippen MR) is 112 cm³/mol. The highest BCUT2D eigenvalue weighted by atomic mass is 16.5. The largest absolute Gasteiger partial charge is 0.497 e. The van der Waals surface area contributed by atoms with Crippen molar-refractivity contribution in [2.45, 2.75) is 12.1 Å². The van der Waals surface area contributed by atoms with Crippen molar-refractivity contribution in [3.8, 4) is 23.5 Å². The third-order valence-corrected chi connectivity index (χ3v) is 5.23. The van der Waals surface area contributed by atoms with E-state index in [2.05, 4.69) is 27.5 Å². The molecule has 5 rings (SSSR count). The van der Waals surface area contributed by atoms with Crippen LogP contribution in [0.1, 0.15) is 5.56 Å². The van der Waals surface area contributed by atoms with Gasteiger partial charge in [-0.2, -0.15) is 0 Å². The van der Waals surface area contributed by atoms with Crippen LogP contribution < -0.4 is 15.4 Å². The monoisotopic (exact) mass is 415 g/mol. The lowest BCUT2D eigenvalue weighted by Crippen LogP contribution is -2.49. The second-order valence-electron chi connectivity index (χ2n) is 7.21. The van der Waals surface area contributed by atoms with Gasteiger partial charge in [0.1, 0.15) is 11.4 Å². The fourth-order valence-corrected chi connectivity index (χ4v) is 3.63. The Labute approximate surface area is 176 Å². The number of benzene rings is 1. The Morgan fingerprint density at radius 2 is 2.10 bits per heavy atom. The molecule has 4 heterocycles. The molecule has 0 spiro atoms. The Balaban J connectivity index is 1.56. The Bertz CT molecular complexity index is 1420. The van der Waals surface area contributed by atoms with E-state index in [1.165, 1.54) is 4.57 Å². The van der Waals surface area contributed by atoms with Crippen LogP contribution in [0.2, 0.25) is 0 Å². The second kappa shape index (κ2) is 6.81. The number of imide groups is 1. The summed E-state index contributed by atoms with van der Waals surface area (Å²) in [6, 6.07) is 8.23. The van der Waals surface area contributed by atoms with E-state index in [1.54, 1.807) is 56.2 Å². The highest BCUT2D eigenvalue weighted by Gasteiger charge is 2.46. The Hall–Kier alpha value is -4.45. The standard InChI is InChI=1S/C22H17N5O4/c1-31-16-4-3-15-12-27(19(28)17(15)10-16)13-22(20(29)24-21(30)25-22)7-6-14-2-5-18-23-8-9-26(18)11-14/h2-5,8-12,28H,13H2,1H3,(H2,24,25,29,30)/t22-/m1/s1. The highest BCUT2D eigenvalue weighted by molar-refractivity contribution is 6.09. The molecule has 1 aromatic carbocycles. The molecule has 1 aliphatic rings. The summed E-state index contributed by atoms with van der Waals surface area (Å²) in [7, 11) is 1.54. The number of ether oxygens (including phenoxy) is 1. The van der Waals surface area contributed by atoms with E-state index in [-0.39, 0.29) is 12.4 Å². The van der Waals surface area contributed by atoms with Gasteiger partial charge in [-0.05, 0) is 30.3 Å². The maximum absolute atomic E-state index is 12.7. The van der Waals surface area contributed by atoms with E-state index < -0.39 is 17.5 Å². The first-order valence-electron chi connectivity index (χ1n) is 9.43. The van der Waals surface area contributed by atoms with Gasteiger partial charge in [0.2, 0.25) is 5.54 Å². The number of nitrogens with zero attached hydrogens (tertiary/aromatic N) is 3. The number of rotatable bonds is 3. The Morgan fingerprint density at radius 3 is 2.87 bits per heavy atom. The molecule has 1 aliphatic heterocycles. The molecule has 9 heteroatoms. The van der Waals surface area contributed by atoms with Crippen LogP contribution in [0.4, 0.5) is 4.79 Å². The number of carbonyl (C=O) groups is 2. The van der Waals surface area contributed by atoms with E-state index in [0.717, 1.165) is 11.0 Å². The van der Waals surface area contributed by atoms with Gasteiger partial charge in [0.15, 0.2) is 5.88 Å². The SMILES string of the molecule is COc1ccc2cn(C[C@@]3(C#Cc4ccc5nccn5c4)NC(=O)NC3=O)c(O)c2c1. The van der Waals surface area contributed by atoms with Gasteiger partial charge < -0.3 is 24.1 Å².